The molecule has 2 heterocycles. The van der Waals surface area contributed by atoms with E-state index in [1.54, 1.807) is 12.1 Å². The van der Waals surface area contributed by atoms with Gasteiger partial charge in [0.2, 0.25) is 0 Å². The van der Waals surface area contributed by atoms with Crippen molar-refractivity contribution in [2.45, 2.75) is 23.3 Å². The Labute approximate surface area is 128 Å². The second-order valence-electron chi connectivity index (χ2n) is 5.66. The second kappa shape index (κ2) is 5.82. The molecular weight excluding hydrogens is 329 g/mol. The standard InChI is InChI=1S/C15H20AsN3O2/c1-16(10-6-8-19(2)9-7-10)15-18-13-11(14(17)20)4-3-5-12(13)21-15/h3-5,10H,6-9H2,1-2H3,(H2,17,20). The Morgan fingerprint density at radius 3 is 2.81 bits per heavy atom. The maximum atomic E-state index is 11.5. The molecule has 1 atom stereocenters. The topological polar surface area (TPSA) is 72.4 Å². The van der Waals surface area contributed by atoms with Crippen LogP contribution in [0.5, 0.6) is 0 Å². The second-order valence-corrected chi connectivity index (χ2v) is 10.6. The van der Waals surface area contributed by atoms with E-state index in [9.17, 15) is 4.79 Å². The van der Waals surface area contributed by atoms with Crippen molar-refractivity contribution in [3.05, 3.63) is 23.8 Å². The molecule has 0 bridgehead atoms. The van der Waals surface area contributed by atoms with E-state index in [4.69, 9.17) is 10.2 Å². The van der Waals surface area contributed by atoms with Crippen molar-refractivity contribution < 1.29 is 9.21 Å². The summed E-state index contributed by atoms with van der Waals surface area (Å²) in [5.41, 5.74) is 9.46. The summed E-state index contributed by atoms with van der Waals surface area (Å²) in [6.45, 7) is 2.30. The van der Waals surface area contributed by atoms with Gasteiger partial charge in [0.15, 0.2) is 0 Å². The van der Waals surface area contributed by atoms with Crippen molar-refractivity contribution in [2.75, 3.05) is 20.1 Å². The summed E-state index contributed by atoms with van der Waals surface area (Å²) in [4.78, 5) is 18.5. The number of para-hydroxylation sites is 1. The zero-order chi connectivity index (χ0) is 15.0. The summed E-state index contributed by atoms with van der Waals surface area (Å²) < 4.78 is 7.52. The van der Waals surface area contributed by atoms with E-state index in [1.807, 2.05) is 6.07 Å². The summed E-state index contributed by atoms with van der Waals surface area (Å²) in [6, 6.07) is 5.36. The number of fused-ring (bicyclic) bond motifs is 1. The van der Waals surface area contributed by atoms with Crippen LogP contribution in [0.2, 0.25) is 10.4 Å². The zero-order valence-electron chi connectivity index (χ0n) is 12.4. The van der Waals surface area contributed by atoms with Gasteiger partial charge < -0.3 is 0 Å². The van der Waals surface area contributed by atoms with Crippen LogP contribution in [0.1, 0.15) is 23.2 Å². The third kappa shape index (κ3) is 2.85. The maximum absolute atomic E-state index is 11.5. The number of likely N-dealkylation sites (tertiary alicyclic amines) is 1. The van der Waals surface area contributed by atoms with Gasteiger partial charge in [-0.25, -0.2) is 0 Å². The van der Waals surface area contributed by atoms with Crippen LogP contribution >= 0.6 is 0 Å². The fourth-order valence-corrected chi connectivity index (χ4v) is 6.64. The molecule has 2 aromatic rings. The molecule has 1 unspecified atom stereocenters. The molecule has 112 valence electrons. The number of rotatable bonds is 3. The summed E-state index contributed by atoms with van der Waals surface area (Å²) in [7, 11) is 2.17. The molecule has 1 fully saturated rings. The average molecular weight is 349 g/mol. The summed E-state index contributed by atoms with van der Waals surface area (Å²) in [6.07, 6.45) is 2.43. The van der Waals surface area contributed by atoms with Gasteiger partial charge in [-0.3, -0.25) is 0 Å². The van der Waals surface area contributed by atoms with E-state index in [2.05, 4.69) is 22.6 Å². The Morgan fingerprint density at radius 2 is 2.14 bits per heavy atom. The van der Waals surface area contributed by atoms with E-state index in [0.717, 1.165) is 22.5 Å². The normalized spacial score (nSPS) is 19.0. The van der Waals surface area contributed by atoms with E-state index < -0.39 is 20.6 Å². The molecule has 0 aliphatic carbocycles. The molecular formula is C15H20AsN3O2. The molecule has 1 aromatic heterocycles. The summed E-state index contributed by atoms with van der Waals surface area (Å²) in [5.74, 6) is -0.449. The van der Waals surface area contributed by atoms with Crippen LogP contribution in [-0.2, 0) is 0 Å². The van der Waals surface area contributed by atoms with Crippen LogP contribution < -0.4 is 10.4 Å². The van der Waals surface area contributed by atoms with Gasteiger partial charge in [0.25, 0.3) is 0 Å². The van der Waals surface area contributed by atoms with Gasteiger partial charge in [-0.2, -0.15) is 0 Å². The molecule has 1 aliphatic rings. The van der Waals surface area contributed by atoms with Crippen LogP contribution in [0.3, 0.4) is 0 Å². The van der Waals surface area contributed by atoms with Crippen molar-refractivity contribution in [3.8, 4) is 0 Å². The van der Waals surface area contributed by atoms with Gasteiger partial charge in [0, 0.05) is 0 Å². The molecule has 5 nitrogen and oxygen atoms in total. The molecule has 21 heavy (non-hydrogen) atoms. The van der Waals surface area contributed by atoms with E-state index in [-0.39, 0.29) is 0 Å². The Balaban J connectivity index is 1.90. The number of hydrogen-bond donors (Lipinski definition) is 1. The van der Waals surface area contributed by atoms with Gasteiger partial charge in [-0.05, 0) is 0 Å². The minimum atomic E-state index is -1.33. The van der Waals surface area contributed by atoms with E-state index >= 15 is 0 Å². The molecule has 0 radical (unpaired) electrons. The van der Waals surface area contributed by atoms with Crippen molar-refractivity contribution >= 4 is 36.3 Å². The first kappa shape index (κ1) is 14.6. The van der Waals surface area contributed by atoms with Gasteiger partial charge in [-0.1, -0.05) is 0 Å². The molecule has 1 aliphatic heterocycles. The van der Waals surface area contributed by atoms with Crippen LogP contribution in [0.15, 0.2) is 22.6 Å². The van der Waals surface area contributed by atoms with Crippen LogP contribution in [0.4, 0.5) is 0 Å². The molecule has 0 saturated carbocycles. The quantitative estimate of drug-likeness (QED) is 0.850. The number of aromatic nitrogens is 1. The number of hydrogen-bond acceptors (Lipinski definition) is 4. The van der Waals surface area contributed by atoms with Crippen LogP contribution in [0, 0.1) is 0 Å². The Kier molecular flexibility index (Phi) is 4.05. The first-order valence-electron chi connectivity index (χ1n) is 7.17. The third-order valence-electron chi connectivity index (χ3n) is 4.21. The number of carbonyl (C=O) groups excluding carboxylic acids is 1. The van der Waals surface area contributed by atoms with Crippen LogP contribution in [-0.4, -0.2) is 50.6 Å². The predicted octanol–water partition coefficient (Wildman–Crippen LogP) is 1.35. The molecule has 3 rings (SSSR count). The zero-order valence-corrected chi connectivity index (χ0v) is 14.2. The average Bonchev–Trinajstić information content (AvgIpc) is 2.90. The van der Waals surface area contributed by atoms with Crippen LogP contribution in [0.25, 0.3) is 11.1 Å². The Morgan fingerprint density at radius 1 is 1.43 bits per heavy atom. The monoisotopic (exact) mass is 349 g/mol. The van der Waals surface area contributed by atoms with Gasteiger partial charge in [0.05, 0.1) is 0 Å². The van der Waals surface area contributed by atoms with Gasteiger partial charge in [-0.15, -0.1) is 0 Å². The number of carbonyl (C=O) groups is 1. The van der Waals surface area contributed by atoms with Crippen molar-refractivity contribution in [1.82, 2.24) is 9.88 Å². The number of oxazole rings is 1. The SMILES string of the molecule is CN1CCC([As](C)c2nc3c(C(N)=O)cccc3o2)CC1. The van der Waals surface area contributed by atoms with E-state index in [1.165, 1.54) is 12.8 Å². The number of nitrogens with two attached hydrogens (primary N) is 1. The number of primary amides is 1. The summed E-state index contributed by atoms with van der Waals surface area (Å²) in [5, 5.41) is 0. The van der Waals surface area contributed by atoms with Crippen molar-refractivity contribution in [1.29, 1.82) is 0 Å². The van der Waals surface area contributed by atoms with Crippen molar-refractivity contribution in [3.63, 3.8) is 0 Å². The van der Waals surface area contributed by atoms with Gasteiger partial charge >= 0.3 is 128 Å². The number of benzene rings is 1. The Hall–Kier alpha value is -1.32. The molecule has 2 N–H and O–H groups in total. The summed E-state index contributed by atoms with van der Waals surface area (Å²) >= 11 is -1.33. The molecule has 6 heteroatoms. The number of amides is 1. The molecule has 1 amide bonds. The number of piperidine rings is 1. The third-order valence-corrected chi connectivity index (χ3v) is 9.26. The Bertz CT molecular complexity index is 662. The molecule has 1 aromatic carbocycles. The fourth-order valence-electron chi connectivity index (χ4n) is 2.82. The molecule has 0 spiro atoms. The first-order chi connectivity index (χ1) is 10.1. The van der Waals surface area contributed by atoms with Gasteiger partial charge in [0.1, 0.15) is 0 Å². The predicted molar refractivity (Wildman–Crippen MR) is 84.3 cm³/mol. The van der Waals surface area contributed by atoms with E-state index in [0.29, 0.717) is 16.7 Å². The molecule has 1 saturated heterocycles. The first-order valence-corrected chi connectivity index (χ1v) is 11.1. The van der Waals surface area contributed by atoms with Crippen molar-refractivity contribution in [2.24, 2.45) is 5.73 Å². The fraction of sp³-hybridized carbons (Fsp3) is 0.467. The minimum absolute atomic E-state index is 0.449. The number of nitrogens with zero attached hydrogens (tertiary/aromatic N) is 2.